The fourth-order valence-electron chi connectivity index (χ4n) is 2.27. The number of rotatable bonds is 3. The molecule has 1 aromatic carbocycles. The summed E-state index contributed by atoms with van der Waals surface area (Å²) >= 11 is 0. The van der Waals surface area contributed by atoms with Crippen molar-refractivity contribution in [3.05, 3.63) is 23.8 Å². The molecule has 1 heterocycles. The Bertz CT molecular complexity index is 436. The first-order chi connectivity index (χ1) is 8.20. The number of nitrogens with one attached hydrogen (secondary N) is 1. The zero-order valence-electron chi connectivity index (χ0n) is 10.1. The maximum Gasteiger partial charge on any atom is 0.101 e. The van der Waals surface area contributed by atoms with Crippen molar-refractivity contribution in [1.82, 2.24) is 4.90 Å². The number of likely N-dealkylation sites (N-methyl/N-ethyl adjacent to an activating group) is 1. The molecule has 0 aromatic heterocycles. The first-order valence-corrected chi connectivity index (χ1v) is 5.94. The molecule has 1 aromatic rings. The Kier molecular flexibility index (Phi) is 3.50. The van der Waals surface area contributed by atoms with E-state index in [4.69, 9.17) is 11.0 Å². The first-order valence-electron chi connectivity index (χ1n) is 5.94. The molecule has 1 aliphatic rings. The first kappa shape index (κ1) is 11.7. The standard InChI is InChI=1S/C13H18N4/c1-17-6-2-3-12(17)9-16-13-5-4-11(15)7-10(13)8-14/h4-5,7,12,16H,2-3,6,9,15H2,1H3. The third kappa shape index (κ3) is 2.69. The van der Waals surface area contributed by atoms with Crippen molar-refractivity contribution < 1.29 is 0 Å². The molecule has 0 bridgehead atoms. The molecule has 0 aliphatic carbocycles. The zero-order chi connectivity index (χ0) is 12.3. The predicted molar refractivity (Wildman–Crippen MR) is 69.7 cm³/mol. The van der Waals surface area contributed by atoms with E-state index in [1.807, 2.05) is 12.1 Å². The van der Waals surface area contributed by atoms with E-state index in [1.54, 1.807) is 6.07 Å². The van der Waals surface area contributed by atoms with Crippen molar-refractivity contribution in [2.75, 3.05) is 31.2 Å². The second kappa shape index (κ2) is 5.07. The van der Waals surface area contributed by atoms with Crippen LogP contribution in [0.3, 0.4) is 0 Å². The number of benzene rings is 1. The third-order valence-electron chi connectivity index (χ3n) is 3.36. The van der Waals surface area contributed by atoms with Gasteiger partial charge < -0.3 is 16.0 Å². The highest BCUT2D eigenvalue weighted by Gasteiger charge is 2.20. The Labute approximate surface area is 102 Å². The van der Waals surface area contributed by atoms with Crippen LogP contribution in [0.2, 0.25) is 0 Å². The largest absolute Gasteiger partial charge is 0.399 e. The zero-order valence-corrected chi connectivity index (χ0v) is 10.1. The van der Waals surface area contributed by atoms with Gasteiger partial charge in [-0.2, -0.15) is 5.26 Å². The number of hydrogen-bond donors (Lipinski definition) is 2. The summed E-state index contributed by atoms with van der Waals surface area (Å²) in [6.07, 6.45) is 2.48. The van der Waals surface area contributed by atoms with Crippen LogP contribution < -0.4 is 11.1 Å². The Morgan fingerprint density at radius 1 is 1.59 bits per heavy atom. The highest BCUT2D eigenvalue weighted by molar-refractivity contribution is 5.62. The van der Waals surface area contributed by atoms with Crippen molar-refractivity contribution in [3.8, 4) is 6.07 Å². The average Bonchev–Trinajstić information content (AvgIpc) is 2.73. The molecule has 0 spiro atoms. The molecule has 0 saturated carbocycles. The minimum absolute atomic E-state index is 0.569. The van der Waals surface area contributed by atoms with Gasteiger partial charge in [-0.3, -0.25) is 0 Å². The Hall–Kier alpha value is -1.73. The lowest BCUT2D eigenvalue weighted by atomic mass is 10.1. The molecule has 1 saturated heterocycles. The number of nitriles is 1. The summed E-state index contributed by atoms with van der Waals surface area (Å²) in [4.78, 5) is 2.36. The van der Waals surface area contributed by atoms with E-state index >= 15 is 0 Å². The summed E-state index contributed by atoms with van der Waals surface area (Å²) in [5.74, 6) is 0. The number of nitrogens with zero attached hydrogens (tertiary/aromatic N) is 2. The van der Waals surface area contributed by atoms with Gasteiger partial charge in [-0.1, -0.05) is 0 Å². The second-order valence-electron chi connectivity index (χ2n) is 4.57. The van der Waals surface area contributed by atoms with E-state index in [-0.39, 0.29) is 0 Å². The van der Waals surface area contributed by atoms with Gasteiger partial charge in [0.1, 0.15) is 6.07 Å². The molecule has 4 heteroatoms. The molecule has 4 nitrogen and oxygen atoms in total. The van der Waals surface area contributed by atoms with Crippen LogP contribution in [0, 0.1) is 11.3 Å². The number of nitrogen functional groups attached to an aromatic ring is 1. The van der Waals surface area contributed by atoms with E-state index < -0.39 is 0 Å². The molecule has 3 N–H and O–H groups in total. The highest BCUT2D eigenvalue weighted by atomic mass is 15.2. The molecule has 2 rings (SSSR count). The van der Waals surface area contributed by atoms with Gasteiger partial charge in [-0.25, -0.2) is 0 Å². The summed E-state index contributed by atoms with van der Waals surface area (Å²) in [6, 6.07) is 8.14. The maximum absolute atomic E-state index is 9.03. The van der Waals surface area contributed by atoms with Crippen LogP contribution in [0.1, 0.15) is 18.4 Å². The fourth-order valence-corrected chi connectivity index (χ4v) is 2.27. The molecule has 1 aliphatic heterocycles. The fraction of sp³-hybridized carbons (Fsp3) is 0.462. The highest BCUT2D eigenvalue weighted by Crippen LogP contribution is 2.20. The van der Waals surface area contributed by atoms with Gasteiger partial charge in [0, 0.05) is 18.3 Å². The van der Waals surface area contributed by atoms with E-state index in [0.717, 1.165) is 12.2 Å². The molecular formula is C13H18N4. The van der Waals surface area contributed by atoms with Gasteiger partial charge in [0.25, 0.3) is 0 Å². The quantitative estimate of drug-likeness (QED) is 0.775. The van der Waals surface area contributed by atoms with Gasteiger partial charge in [0.05, 0.1) is 11.3 Å². The van der Waals surface area contributed by atoms with E-state index in [0.29, 0.717) is 17.3 Å². The van der Waals surface area contributed by atoms with Gasteiger partial charge in [0.15, 0.2) is 0 Å². The second-order valence-corrected chi connectivity index (χ2v) is 4.57. The van der Waals surface area contributed by atoms with E-state index in [2.05, 4.69) is 23.3 Å². The monoisotopic (exact) mass is 230 g/mol. The third-order valence-corrected chi connectivity index (χ3v) is 3.36. The van der Waals surface area contributed by atoms with Crippen molar-refractivity contribution in [2.45, 2.75) is 18.9 Å². The lowest BCUT2D eigenvalue weighted by molar-refractivity contribution is 0.322. The van der Waals surface area contributed by atoms with Gasteiger partial charge in [-0.05, 0) is 44.6 Å². The van der Waals surface area contributed by atoms with Crippen molar-refractivity contribution in [2.24, 2.45) is 0 Å². The van der Waals surface area contributed by atoms with Crippen LogP contribution in [-0.4, -0.2) is 31.1 Å². The number of nitrogens with two attached hydrogens (primary N) is 1. The Balaban J connectivity index is 2.01. The minimum Gasteiger partial charge on any atom is -0.399 e. The SMILES string of the molecule is CN1CCCC1CNc1ccc(N)cc1C#N. The molecule has 1 unspecified atom stereocenters. The maximum atomic E-state index is 9.03. The summed E-state index contributed by atoms with van der Waals surface area (Å²) < 4.78 is 0. The lowest BCUT2D eigenvalue weighted by Crippen LogP contribution is -2.31. The predicted octanol–water partition coefficient (Wildman–Crippen LogP) is 1.65. The van der Waals surface area contributed by atoms with Crippen molar-refractivity contribution in [1.29, 1.82) is 5.26 Å². The molecular weight excluding hydrogens is 212 g/mol. The summed E-state index contributed by atoms with van der Waals surface area (Å²) in [7, 11) is 2.15. The van der Waals surface area contributed by atoms with Crippen LogP contribution >= 0.6 is 0 Å². The van der Waals surface area contributed by atoms with Crippen LogP contribution in [0.15, 0.2) is 18.2 Å². The topological polar surface area (TPSA) is 65.1 Å². The molecule has 90 valence electrons. The van der Waals surface area contributed by atoms with Crippen LogP contribution in [0.25, 0.3) is 0 Å². The molecule has 0 radical (unpaired) electrons. The van der Waals surface area contributed by atoms with Gasteiger partial charge in [0.2, 0.25) is 0 Å². The summed E-state index contributed by atoms with van der Waals surface area (Å²) in [5, 5.41) is 12.4. The van der Waals surface area contributed by atoms with Gasteiger partial charge in [-0.15, -0.1) is 0 Å². The number of likely N-dealkylation sites (tertiary alicyclic amines) is 1. The summed E-state index contributed by atoms with van der Waals surface area (Å²) in [5.41, 5.74) is 7.78. The Morgan fingerprint density at radius 3 is 3.06 bits per heavy atom. The van der Waals surface area contributed by atoms with E-state index in [1.165, 1.54) is 19.4 Å². The van der Waals surface area contributed by atoms with Crippen LogP contribution in [0.5, 0.6) is 0 Å². The number of anilines is 2. The van der Waals surface area contributed by atoms with Crippen molar-refractivity contribution in [3.63, 3.8) is 0 Å². The van der Waals surface area contributed by atoms with Crippen LogP contribution in [0.4, 0.5) is 11.4 Å². The van der Waals surface area contributed by atoms with Crippen molar-refractivity contribution >= 4 is 11.4 Å². The average molecular weight is 230 g/mol. The molecule has 0 amide bonds. The summed E-state index contributed by atoms with van der Waals surface area (Å²) in [6.45, 7) is 2.05. The minimum atomic E-state index is 0.569. The molecule has 1 fully saturated rings. The molecule has 1 atom stereocenters. The van der Waals surface area contributed by atoms with E-state index in [9.17, 15) is 0 Å². The van der Waals surface area contributed by atoms with Crippen LogP contribution in [-0.2, 0) is 0 Å². The Morgan fingerprint density at radius 2 is 2.41 bits per heavy atom. The smallest absolute Gasteiger partial charge is 0.101 e. The normalized spacial score (nSPS) is 20.1. The molecule has 17 heavy (non-hydrogen) atoms. The number of hydrogen-bond acceptors (Lipinski definition) is 4. The lowest BCUT2D eigenvalue weighted by Gasteiger charge is -2.20. The van der Waals surface area contributed by atoms with Gasteiger partial charge >= 0.3 is 0 Å².